The summed E-state index contributed by atoms with van der Waals surface area (Å²) in [5.41, 5.74) is 13.1. The van der Waals surface area contributed by atoms with Gasteiger partial charge in [-0.25, -0.2) is 9.37 Å². The number of pyridine rings is 1. The number of nitrogens with zero attached hydrogens (tertiary/aromatic N) is 1. The van der Waals surface area contributed by atoms with Gasteiger partial charge in [0.05, 0.1) is 5.39 Å². The van der Waals surface area contributed by atoms with Gasteiger partial charge >= 0.3 is 0 Å². The number of aromatic amines is 1. The Bertz CT molecular complexity index is 1170. The van der Waals surface area contributed by atoms with Crippen molar-refractivity contribution in [1.29, 1.82) is 0 Å². The first kappa shape index (κ1) is 19.0. The molecule has 0 atom stereocenters. The second-order valence-corrected chi connectivity index (χ2v) is 7.95. The van der Waals surface area contributed by atoms with Crippen LogP contribution in [-0.2, 0) is 6.54 Å². The fourth-order valence-corrected chi connectivity index (χ4v) is 4.54. The topological polar surface area (TPSA) is 66.7 Å². The van der Waals surface area contributed by atoms with Crippen LogP contribution in [0.1, 0.15) is 29.9 Å². The monoisotopic (exact) mass is 400 g/mol. The van der Waals surface area contributed by atoms with Crippen molar-refractivity contribution in [1.82, 2.24) is 15.3 Å². The Hall–Kier alpha value is -3.02. The molecule has 1 aliphatic rings. The maximum atomic E-state index is 14.5. The standard InChI is InChI=1S/C25H25FN4/c26-23-15-30-25-24(23)21(9-12-29-25)19-5-6-20(18-7-10-28-11-8-18)22(13-19)17-3-1-16(14-27)2-4-17/h1-6,9,12-13,15,18,28H,7-8,10-11,14,27H2,(H,29,30). The molecule has 2 aromatic heterocycles. The Balaban J connectivity index is 1.67. The van der Waals surface area contributed by atoms with Gasteiger partial charge in [0.25, 0.3) is 0 Å². The van der Waals surface area contributed by atoms with Crippen molar-refractivity contribution in [3.63, 3.8) is 0 Å². The number of hydrogen-bond acceptors (Lipinski definition) is 3. The number of fused-ring (bicyclic) bond motifs is 1. The van der Waals surface area contributed by atoms with Crippen molar-refractivity contribution in [2.24, 2.45) is 5.73 Å². The van der Waals surface area contributed by atoms with E-state index < -0.39 is 0 Å². The zero-order valence-electron chi connectivity index (χ0n) is 16.8. The summed E-state index contributed by atoms with van der Waals surface area (Å²) in [5.74, 6) is 0.246. The molecule has 152 valence electrons. The lowest BCUT2D eigenvalue weighted by atomic mass is 9.83. The van der Waals surface area contributed by atoms with Gasteiger partial charge in [0.1, 0.15) is 5.65 Å². The molecule has 1 aliphatic heterocycles. The lowest BCUT2D eigenvalue weighted by Crippen LogP contribution is -2.26. The van der Waals surface area contributed by atoms with E-state index in [0.29, 0.717) is 23.5 Å². The quantitative estimate of drug-likeness (QED) is 0.453. The fourth-order valence-electron chi connectivity index (χ4n) is 4.54. The van der Waals surface area contributed by atoms with E-state index >= 15 is 0 Å². The summed E-state index contributed by atoms with van der Waals surface area (Å²) in [6.07, 6.45) is 5.35. The van der Waals surface area contributed by atoms with Gasteiger partial charge in [-0.2, -0.15) is 0 Å². The Kier molecular flexibility index (Phi) is 5.07. The number of rotatable bonds is 4. The Morgan fingerprint density at radius 3 is 2.50 bits per heavy atom. The predicted molar refractivity (Wildman–Crippen MR) is 120 cm³/mol. The first-order valence-electron chi connectivity index (χ1n) is 10.5. The number of nitrogens with two attached hydrogens (primary N) is 1. The van der Waals surface area contributed by atoms with Gasteiger partial charge < -0.3 is 16.0 Å². The minimum absolute atomic E-state index is 0.274. The third-order valence-electron chi connectivity index (χ3n) is 6.17. The van der Waals surface area contributed by atoms with Crippen molar-refractivity contribution in [2.45, 2.75) is 25.3 Å². The normalized spacial score (nSPS) is 15.0. The molecule has 1 saturated heterocycles. The van der Waals surface area contributed by atoms with Crippen LogP contribution < -0.4 is 11.1 Å². The average Bonchev–Trinajstić information content (AvgIpc) is 3.20. The molecule has 4 nitrogen and oxygen atoms in total. The highest BCUT2D eigenvalue weighted by molar-refractivity contribution is 5.94. The predicted octanol–water partition coefficient (Wildman–Crippen LogP) is 4.96. The fraction of sp³-hybridized carbons (Fsp3) is 0.240. The first-order chi connectivity index (χ1) is 14.7. The lowest BCUT2D eigenvalue weighted by molar-refractivity contribution is 0.461. The number of piperidine rings is 1. The molecule has 0 bridgehead atoms. The van der Waals surface area contributed by atoms with Crippen molar-refractivity contribution in [2.75, 3.05) is 13.1 Å². The van der Waals surface area contributed by atoms with Crippen molar-refractivity contribution >= 4 is 11.0 Å². The molecule has 4 aromatic rings. The van der Waals surface area contributed by atoms with Gasteiger partial charge in [-0.15, -0.1) is 0 Å². The third-order valence-corrected chi connectivity index (χ3v) is 6.17. The van der Waals surface area contributed by atoms with Crippen molar-refractivity contribution < 1.29 is 4.39 Å². The zero-order valence-corrected chi connectivity index (χ0v) is 16.8. The first-order valence-corrected chi connectivity index (χ1v) is 10.5. The number of hydrogen-bond donors (Lipinski definition) is 3. The Labute approximate surface area is 175 Å². The highest BCUT2D eigenvalue weighted by Crippen LogP contribution is 2.38. The molecule has 0 radical (unpaired) electrons. The summed E-state index contributed by atoms with van der Waals surface area (Å²) in [5, 5.41) is 3.99. The largest absolute Gasteiger partial charge is 0.343 e. The van der Waals surface area contributed by atoms with E-state index in [1.165, 1.54) is 22.9 Å². The van der Waals surface area contributed by atoms with Crippen molar-refractivity contribution in [3.05, 3.63) is 77.9 Å². The summed E-state index contributed by atoms with van der Waals surface area (Å²) in [4.78, 5) is 7.18. The number of nitrogens with one attached hydrogen (secondary N) is 2. The van der Waals surface area contributed by atoms with Crippen LogP contribution in [0.5, 0.6) is 0 Å². The number of aromatic nitrogens is 2. The van der Waals surface area contributed by atoms with Gasteiger partial charge in [-0.1, -0.05) is 36.4 Å². The van der Waals surface area contributed by atoms with Gasteiger partial charge in [0.2, 0.25) is 0 Å². The molecule has 0 unspecified atom stereocenters. The molecule has 1 fully saturated rings. The molecule has 0 aliphatic carbocycles. The summed E-state index contributed by atoms with van der Waals surface area (Å²) in [6, 6.07) is 16.9. The molecule has 0 spiro atoms. The van der Waals surface area contributed by atoms with E-state index in [2.05, 4.69) is 57.7 Å². The molecular formula is C25H25FN4. The van der Waals surface area contributed by atoms with Crippen LogP contribution in [-0.4, -0.2) is 23.1 Å². The summed E-state index contributed by atoms with van der Waals surface area (Å²) < 4.78 is 14.5. The van der Waals surface area contributed by atoms with Crippen LogP contribution in [0.25, 0.3) is 33.3 Å². The maximum absolute atomic E-state index is 14.5. The zero-order chi connectivity index (χ0) is 20.5. The molecule has 0 saturated carbocycles. The second kappa shape index (κ2) is 8.01. The van der Waals surface area contributed by atoms with Crippen molar-refractivity contribution in [3.8, 4) is 22.3 Å². The number of halogens is 1. The van der Waals surface area contributed by atoms with Gasteiger partial charge in [0, 0.05) is 18.9 Å². The Morgan fingerprint density at radius 1 is 0.967 bits per heavy atom. The van der Waals surface area contributed by atoms with Gasteiger partial charge in [-0.3, -0.25) is 0 Å². The SMILES string of the molecule is NCc1ccc(-c2cc(-c3ccnc4[nH]cc(F)c34)ccc2C2CCNCC2)cc1. The van der Waals surface area contributed by atoms with E-state index in [0.717, 1.165) is 42.6 Å². The van der Waals surface area contributed by atoms with E-state index in [-0.39, 0.29) is 5.82 Å². The molecule has 4 N–H and O–H groups in total. The molecule has 3 heterocycles. The summed E-state index contributed by atoms with van der Waals surface area (Å²) in [7, 11) is 0. The van der Waals surface area contributed by atoms with E-state index in [1.54, 1.807) is 6.20 Å². The maximum Gasteiger partial charge on any atom is 0.150 e. The minimum atomic E-state index is -0.274. The highest BCUT2D eigenvalue weighted by atomic mass is 19.1. The van der Waals surface area contributed by atoms with Crippen LogP contribution in [0.2, 0.25) is 0 Å². The second-order valence-electron chi connectivity index (χ2n) is 7.95. The van der Waals surface area contributed by atoms with Crippen LogP contribution in [0.15, 0.2) is 60.9 Å². The minimum Gasteiger partial charge on any atom is -0.343 e. The Morgan fingerprint density at radius 2 is 1.73 bits per heavy atom. The number of H-pyrrole nitrogens is 1. The summed E-state index contributed by atoms with van der Waals surface area (Å²) in [6.45, 7) is 2.61. The molecule has 2 aromatic carbocycles. The molecule has 0 amide bonds. The summed E-state index contributed by atoms with van der Waals surface area (Å²) >= 11 is 0. The number of benzene rings is 2. The lowest BCUT2D eigenvalue weighted by Gasteiger charge is -2.26. The van der Waals surface area contributed by atoms with Gasteiger partial charge in [-0.05, 0) is 77.4 Å². The molecular weight excluding hydrogens is 375 g/mol. The average molecular weight is 401 g/mol. The smallest absolute Gasteiger partial charge is 0.150 e. The molecule has 30 heavy (non-hydrogen) atoms. The molecule has 5 heteroatoms. The van der Waals surface area contributed by atoms with E-state index in [4.69, 9.17) is 5.73 Å². The molecule has 5 rings (SSSR count). The third kappa shape index (κ3) is 3.40. The van der Waals surface area contributed by atoms with Crippen LogP contribution in [0.3, 0.4) is 0 Å². The van der Waals surface area contributed by atoms with Crippen LogP contribution in [0, 0.1) is 5.82 Å². The van der Waals surface area contributed by atoms with Crippen LogP contribution in [0.4, 0.5) is 4.39 Å². The van der Waals surface area contributed by atoms with Crippen LogP contribution >= 0.6 is 0 Å². The van der Waals surface area contributed by atoms with Gasteiger partial charge in [0.15, 0.2) is 5.82 Å². The van der Waals surface area contributed by atoms with E-state index in [1.807, 2.05) is 6.07 Å². The van der Waals surface area contributed by atoms with E-state index in [9.17, 15) is 4.39 Å². The highest BCUT2D eigenvalue weighted by Gasteiger charge is 2.20.